The van der Waals surface area contributed by atoms with Gasteiger partial charge >= 0.3 is 58.9 Å². The maximum atomic E-state index is 0. The van der Waals surface area contributed by atoms with E-state index >= 15 is 0 Å². The van der Waals surface area contributed by atoms with Crippen LogP contribution in [0.3, 0.4) is 0 Å². The summed E-state index contributed by atoms with van der Waals surface area (Å²) in [4.78, 5) is 0. The molecule has 0 aliphatic heterocycles. The fraction of sp³-hybridized carbons (Fsp3) is 0. The second kappa shape index (κ2) is 17.4. The summed E-state index contributed by atoms with van der Waals surface area (Å²) in [5.74, 6) is 0. The van der Waals surface area contributed by atoms with Gasteiger partial charge in [-0.25, -0.2) is 0 Å². The van der Waals surface area contributed by atoms with Crippen molar-refractivity contribution in [2.75, 3.05) is 0 Å². The standard InChI is InChI=1S/O.W.Y.Zr/q-2;;+3;+4. The maximum Gasteiger partial charge on any atom is 4.00 e. The molecule has 0 heterocycles. The minimum Gasteiger partial charge on any atom is -2.00 e. The van der Waals surface area contributed by atoms with Crippen molar-refractivity contribution in [2.45, 2.75) is 0 Å². The van der Waals surface area contributed by atoms with Crippen molar-refractivity contribution in [2.24, 2.45) is 0 Å². The van der Waals surface area contributed by atoms with E-state index in [1.54, 1.807) is 0 Å². The summed E-state index contributed by atoms with van der Waals surface area (Å²) in [6.45, 7) is 0. The zero-order valence-corrected chi connectivity index (χ0v) is 10.1. The topological polar surface area (TPSA) is 28.5 Å². The first-order valence-electron chi connectivity index (χ1n) is 0. The van der Waals surface area contributed by atoms with Crippen molar-refractivity contribution in [1.29, 1.82) is 0 Å². The van der Waals surface area contributed by atoms with E-state index in [0.717, 1.165) is 0 Å². The Labute approximate surface area is 83.9 Å². The summed E-state index contributed by atoms with van der Waals surface area (Å²) in [6, 6.07) is 0. The van der Waals surface area contributed by atoms with Gasteiger partial charge in [-0.1, -0.05) is 0 Å². The summed E-state index contributed by atoms with van der Waals surface area (Å²) < 4.78 is 0. The van der Waals surface area contributed by atoms with Crippen molar-refractivity contribution in [1.82, 2.24) is 0 Å². The van der Waals surface area contributed by atoms with Gasteiger partial charge in [0, 0.05) is 21.1 Å². The minimum absolute atomic E-state index is 0. The van der Waals surface area contributed by atoms with Crippen molar-refractivity contribution >= 4 is 0 Å². The van der Waals surface area contributed by atoms with Crippen LogP contribution in [0.5, 0.6) is 0 Å². The predicted octanol–water partition coefficient (Wildman–Crippen LogP) is -0.126. The van der Waals surface area contributed by atoms with Gasteiger partial charge in [0.25, 0.3) is 0 Å². The number of rotatable bonds is 0. The van der Waals surface area contributed by atoms with Gasteiger partial charge in [0.2, 0.25) is 0 Å². The Morgan fingerprint density at radius 2 is 1.00 bits per heavy atom. The normalized spacial score (nSPS) is 0. The van der Waals surface area contributed by atoms with E-state index in [0.29, 0.717) is 0 Å². The third-order valence-electron chi connectivity index (χ3n) is 0. The van der Waals surface area contributed by atoms with Gasteiger partial charge in [-0.15, -0.1) is 0 Å². The van der Waals surface area contributed by atoms with E-state index in [9.17, 15) is 0 Å². The first kappa shape index (κ1) is 30.3. The molecule has 4 heavy (non-hydrogen) atoms. The van der Waals surface area contributed by atoms with Gasteiger partial charge in [-0.3, -0.25) is 0 Å². The molecule has 0 unspecified atom stereocenters. The first-order chi connectivity index (χ1) is 0. The van der Waals surface area contributed by atoms with Gasteiger partial charge in [0.1, 0.15) is 0 Å². The van der Waals surface area contributed by atoms with E-state index in [1.165, 1.54) is 0 Å². The van der Waals surface area contributed by atoms with E-state index < -0.39 is 0 Å². The molecule has 0 aliphatic rings. The molecule has 0 aromatic carbocycles. The molecule has 0 fully saturated rings. The third-order valence-corrected chi connectivity index (χ3v) is 0. The fourth-order valence-corrected chi connectivity index (χ4v) is 0. The SMILES string of the molecule is [O-2].[W].[Y+3].[Zr+4]. The molecule has 0 atom stereocenters. The van der Waals surface area contributed by atoms with Gasteiger partial charge in [0.15, 0.2) is 0 Å². The van der Waals surface area contributed by atoms with Gasteiger partial charge in [-0.2, -0.15) is 0 Å². The fourth-order valence-electron chi connectivity index (χ4n) is 0. The van der Waals surface area contributed by atoms with Crippen molar-refractivity contribution in [3.63, 3.8) is 0 Å². The van der Waals surface area contributed by atoms with Crippen LogP contribution in [0.4, 0.5) is 0 Å². The molecule has 0 aromatic heterocycles. The van der Waals surface area contributed by atoms with Crippen LogP contribution < -0.4 is 0 Å². The Hall–Kier alpha value is 2.64. The molecule has 0 bridgehead atoms. The average Bonchev–Trinajstić information content (AvgIpc) is 0. The molecule has 14 valence electrons. The Morgan fingerprint density at radius 1 is 1.00 bits per heavy atom. The Kier molecular flexibility index (Phi) is 132. The molecule has 0 rings (SSSR count). The smallest absolute Gasteiger partial charge is 2.00 e. The van der Waals surface area contributed by atoms with E-state index in [1.807, 2.05) is 0 Å². The van der Waals surface area contributed by atoms with Crippen LogP contribution in [0, 0.1) is 0 Å². The monoisotopic (exact) mass is 379 g/mol. The first-order valence-corrected chi connectivity index (χ1v) is 0. The number of hydrogen-bond donors (Lipinski definition) is 0. The van der Waals surface area contributed by atoms with Gasteiger partial charge < -0.3 is 5.48 Å². The van der Waals surface area contributed by atoms with Crippen LogP contribution in [0.15, 0.2) is 0 Å². The molecular formula is OWYZr+5. The molecule has 0 aromatic rings. The molecule has 0 amide bonds. The van der Waals surface area contributed by atoms with E-state index in [-0.39, 0.29) is 85.5 Å². The zero-order chi connectivity index (χ0) is 0. The summed E-state index contributed by atoms with van der Waals surface area (Å²) >= 11 is 0. The van der Waals surface area contributed by atoms with Crippen molar-refractivity contribution in [3.05, 3.63) is 0 Å². The van der Waals surface area contributed by atoms with Gasteiger partial charge in [-0.05, 0) is 0 Å². The molecule has 0 aliphatic carbocycles. The van der Waals surface area contributed by atoms with Crippen LogP contribution in [0.1, 0.15) is 0 Å². The molecular weight excluding hydrogens is 380 g/mol. The van der Waals surface area contributed by atoms with Crippen LogP contribution in [-0.2, 0) is 85.5 Å². The summed E-state index contributed by atoms with van der Waals surface area (Å²) in [5.41, 5.74) is 0. The Bertz CT molecular complexity index is 8.00. The van der Waals surface area contributed by atoms with Crippen molar-refractivity contribution in [3.8, 4) is 0 Å². The summed E-state index contributed by atoms with van der Waals surface area (Å²) in [5, 5.41) is 0. The minimum atomic E-state index is 0. The van der Waals surface area contributed by atoms with Crippen LogP contribution in [-0.4, -0.2) is 0 Å². The zero-order valence-electron chi connectivity index (χ0n) is 1.89. The summed E-state index contributed by atoms with van der Waals surface area (Å²) in [7, 11) is 0. The average molecular weight is 380 g/mol. The van der Waals surface area contributed by atoms with Crippen LogP contribution in [0.2, 0.25) is 0 Å². The second-order valence-electron chi connectivity index (χ2n) is 0. The molecule has 0 saturated heterocycles. The largest absolute Gasteiger partial charge is 4.00 e. The predicted molar refractivity (Wildman–Crippen MR) is 0.686 cm³/mol. The Morgan fingerprint density at radius 3 is 1.00 bits per heavy atom. The third kappa shape index (κ3) is 8.82. The molecule has 1 nitrogen and oxygen atoms in total. The molecule has 0 radical (unpaired) electrons. The van der Waals surface area contributed by atoms with Crippen LogP contribution in [0.25, 0.3) is 0 Å². The molecule has 4 heteroatoms. The second-order valence-corrected chi connectivity index (χ2v) is 0. The quantitative estimate of drug-likeness (QED) is 0.561. The molecule has 0 spiro atoms. The number of hydrogen-bond acceptors (Lipinski definition) is 0. The van der Waals surface area contributed by atoms with Gasteiger partial charge in [0.05, 0.1) is 0 Å². The van der Waals surface area contributed by atoms with E-state index in [2.05, 4.69) is 0 Å². The van der Waals surface area contributed by atoms with E-state index in [4.69, 9.17) is 0 Å². The van der Waals surface area contributed by atoms with Crippen LogP contribution >= 0.6 is 0 Å². The molecule has 0 N–H and O–H groups in total. The molecule has 0 saturated carbocycles. The van der Waals surface area contributed by atoms with Crippen molar-refractivity contribution < 1.29 is 85.5 Å². The summed E-state index contributed by atoms with van der Waals surface area (Å²) in [6.07, 6.45) is 0. The maximum absolute atomic E-state index is 0. The Balaban J connectivity index is 0.